The second-order valence-corrected chi connectivity index (χ2v) is 7.57. The minimum Gasteiger partial charge on any atom is -0.491 e. The third kappa shape index (κ3) is 3.10. The monoisotopic (exact) mass is 387 g/mol. The Morgan fingerprint density at radius 1 is 1.00 bits per heavy atom. The molecule has 5 rings (SSSR count). The number of aromatic amines is 1. The molecule has 2 aromatic carbocycles. The van der Waals surface area contributed by atoms with E-state index in [2.05, 4.69) is 9.97 Å². The summed E-state index contributed by atoms with van der Waals surface area (Å²) in [6, 6.07) is 14.5. The van der Waals surface area contributed by atoms with Crippen LogP contribution in [0.25, 0.3) is 27.5 Å². The molecule has 0 saturated heterocycles. The van der Waals surface area contributed by atoms with Crippen molar-refractivity contribution in [2.75, 3.05) is 6.61 Å². The van der Waals surface area contributed by atoms with E-state index in [1.807, 2.05) is 24.3 Å². The molecule has 0 spiro atoms. The zero-order valence-corrected chi connectivity index (χ0v) is 15.9. The second kappa shape index (κ2) is 7.20. The molecule has 0 bridgehead atoms. The highest BCUT2D eigenvalue weighted by Crippen LogP contribution is 2.30. The van der Waals surface area contributed by atoms with Gasteiger partial charge in [-0.1, -0.05) is 43.2 Å². The number of hydrogen-bond donors (Lipinski definition) is 1. The number of fused-ring (bicyclic) bond motifs is 3. The lowest BCUT2D eigenvalue weighted by Gasteiger charge is -2.13. The van der Waals surface area contributed by atoms with Crippen molar-refractivity contribution >= 4 is 21.8 Å². The van der Waals surface area contributed by atoms with Crippen LogP contribution < -0.4 is 16.0 Å². The van der Waals surface area contributed by atoms with E-state index in [9.17, 15) is 9.59 Å². The Kier molecular flexibility index (Phi) is 4.39. The molecule has 1 N–H and O–H groups in total. The van der Waals surface area contributed by atoms with Gasteiger partial charge in [-0.05, 0) is 37.0 Å². The first-order valence-electron chi connectivity index (χ1n) is 9.97. The number of rotatable bonds is 4. The van der Waals surface area contributed by atoms with E-state index in [4.69, 9.17) is 4.74 Å². The van der Waals surface area contributed by atoms with Crippen molar-refractivity contribution in [3.8, 4) is 11.4 Å². The number of nitrogens with zero attached hydrogens (tertiary/aromatic N) is 2. The molecule has 0 unspecified atom stereocenters. The topological polar surface area (TPSA) is 77.0 Å². The summed E-state index contributed by atoms with van der Waals surface area (Å²) in [4.78, 5) is 33.2. The molecule has 6 nitrogen and oxygen atoms in total. The zero-order valence-electron chi connectivity index (χ0n) is 15.9. The van der Waals surface area contributed by atoms with E-state index < -0.39 is 5.69 Å². The molecular formula is C23H21N3O3. The van der Waals surface area contributed by atoms with Crippen molar-refractivity contribution in [3.63, 3.8) is 0 Å². The van der Waals surface area contributed by atoms with Crippen LogP contribution in [0.1, 0.15) is 25.7 Å². The maximum Gasteiger partial charge on any atom is 0.333 e. The first kappa shape index (κ1) is 17.7. The zero-order chi connectivity index (χ0) is 19.8. The molecule has 6 heteroatoms. The van der Waals surface area contributed by atoms with Gasteiger partial charge in [-0.3, -0.25) is 9.78 Å². The lowest BCUT2D eigenvalue weighted by atomic mass is 10.1. The number of ether oxygens (including phenoxy) is 1. The SMILES string of the molecule is O=c1[nH]c2c(cnc3c(OCC4CCCC4)cccc32)c(=O)n1-c1ccccc1. The highest BCUT2D eigenvalue weighted by Gasteiger charge is 2.17. The molecule has 146 valence electrons. The molecule has 1 aliphatic carbocycles. The number of para-hydroxylation sites is 2. The van der Waals surface area contributed by atoms with Crippen LogP contribution in [0.3, 0.4) is 0 Å². The number of pyridine rings is 1. The van der Waals surface area contributed by atoms with Gasteiger partial charge in [-0.15, -0.1) is 0 Å². The van der Waals surface area contributed by atoms with Crippen LogP contribution in [-0.4, -0.2) is 21.1 Å². The van der Waals surface area contributed by atoms with E-state index >= 15 is 0 Å². The molecule has 1 saturated carbocycles. The number of H-pyrrole nitrogens is 1. The quantitative estimate of drug-likeness (QED) is 0.541. The Morgan fingerprint density at radius 2 is 1.79 bits per heavy atom. The van der Waals surface area contributed by atoms with Crippen LogP contribution in [0.5, 0.6) is 5.75 Å². The molecule has 1 aliphatic rings. The van der Waals surface area contributed by atoms with Crippen molar-refractivity contribution in [1.82, 2.24) is 14.5 Å². The fourth-order valence-corrected chi connectivity index (χ4v) is 4.18. The van der Waals surface area contributed by atoms with Gasteiger partial charge in [0.2, 0.25) is 0 Å². The van der Waals surface area contributed by atoms with E-state index in [1.54, 1.807) is 24.3 Å². The van der Waals surface area contributed by atoms with Gasteiger partial charge in [0.1, 0.15) is 11.3 Å². The van der Waals surface area contributed by atoms with Crippen molar-refractivity contribution in [1.29, 1.82) is 0 Å². The average molecular weight is 387 g/mol. The number of aromatic nitrogens is 3. The number of nitrogens with one attached hydrogen (secondary N) is 1. The predicted octanol–water partition coefficient (Wildman–Crippen LogP) is 3.80. The molecule has 1 fully saturated rings. The first-order valence-corrected chi connectivity index (χ1v) is 9.97. The molecule has 0 atom stereocenters. The van der Waals surface area contributed by atoms with Crippen molar-refractivity contribution in [2.24, 2.45) is 5.92 Å². The average Bonchev–Trinajstić information content (AvgIpc) is 3.26. The van der Waals surface area contributed by atoms with Gasteiger partial charge in [0, 0.05) is 11.6 Å². The van der Waals surface area contributed by atoms with Gasteiger partial charge in [0.25, 0.3) is 5.56 Å². The molecular weight excluding hydrogens is 366 g/mol. The summed E-state index contributed by atoms with van der Waals surface area (Å²) < 4.78 is 7.20. The Morgan fingerprint density at radius 3 is 2.59 bits per heavy atom. The van der Waals surface area contributed by atoms with E-state index in [0.29, 0.717) is 45.8 Å². The lowest BCUT2D eigenvalue weighted by Crippen LogP contribution is -2.33. The molecule has 2 heterocycles. The normalized spacial score (nSPS) is 14.6. The fraction of sp³-hybridized carbons (Fsp3) is 0.261. The van der Waals surface area contributed by atoms with Crippen LogP contribution in [0.15, 0.2) is 64.3 Å². The highest BCUT2D eigenvalue weighted by molar-refractivity contribution is 6.04. The maximum atomic E-state index is 13.0. The largest absolute Gasteiger partial charge is 0.491 e. The Bertz CT molecular complexity index is 1300. The summed E-state index contributed by atoms with van der Waals surface area (Å²) in [5.74, 6) is 1.27. The molecule has 2 aromatic heterocycles. The summed E-state index contributed by atoms with van der Waals surface area (Å²) in [6.07, 6.45) is 6.46. The third-order valence-electron chi connectivity index (χ3n) is 5.69. The Hall–Kier alpha value is -3.41. The number of benzene rings is 2. The Labute approximate surface area is 166 Å². The van der Waals surface area contributed by atoms with Crippen LogP contribution in [0.2, 0.25) is 0 Å². The molecule has 0 radical (unpaired) electrons. The van der Waals surface area contributed by atoms with E-state index in [-0.39, 0.29) is 5.56 Å². The predicted molar refractivity (Wildman–Crippen MR) is 113 cm³/mol. The molecule has 0 amide bonds. The summed E-state index contributed by atoms with van der Waals surface area (Å²) >= 11 is 0. The summed E-state index contributed by atoms with van der Waals surface area (Å²) in [6.45, 7) is 0.672. The smallest absolute Gasteiger partial charge is 0.333 e. The maximum absolute atomic E-state index is 13.0. The van der Waals surface area contributed by atoms with Crippen molar-refractivity contribution < 1.29 is 4.74 Å². The van der Waals surface area contributed by atoms with Gasteiger partial charge in [-0.25, -0.2) is 9.36 Å². The van der Waals surface area contributed by atoms with Crippen molar-refractivity contribution in [3.05, 3.63) is 75.6 Å². The van der Waals surface area contributed by atoms with Crippen LogP contribution in [0, 0.1) is 5.92 Å². The van der Waals surface area contributed by atoms with E-state index in [0.717, 1.165) is 4.57 Å². The standard InChI is InChI=1S/C23H21N3O3/c27-22-18-13-24-21-17(11-6-12-19(21)29-14-15-7-4-5-8-15)20(18)25-23(28)26(22)16-9-2-1-3-10-16/h1-3,6,9-13,15H,4-5,7-8,14H2,(H,25,28). The van der Waals surface area contributed by atoms with Crippen LogP contribution in [-0.2, 0) is 0 Å². The first-order chi connectivity index (χ1) is 14.2. The Balaban J connectivity index is 1.64. The molecule has 4 aromatic rings. The van der Waals surface area contributed by atoms with Crippen LogP contribution in [0.4, 0.5) is 0 Å². The van der Waals surface area contributed by atoms with Gasteiger partial charge in [0.15, 0.2) is 0 Å². The third-order valence-corrected chi connectivity index (χ3v) is 5.69. The number of hydrogen-bond acceptors (Lipinski definition) is 4. The second-order valence-electron chi connectivity index (χ2n) is 7.57. The van der Waals surface area contributed by atoms with Gasteiger partial charge >= 0.3 is 5.69 Å². The van der Waals surface area contributed by atoms with E-state index in [1.165, 1.54) is 31.9 Å². The fourth-order valence-electron chi connectivity index (χ4n) is 4.18. The van der Waals surface area contributed by atoms with Gasteiger partial charge < -0.3 is 9.72 Å². The highest BCUT2D eigenvalue weighted by atomic mass is 16.5. The minimum atomic E-state index is -0.474. The summed E-state index contributed by atoms with van der Waals surface area (Å²) in [7, 11) is 0. The van der Waals surface area contributed by atoms with Crippen LogP contribution >= 0.6 is 0 Å². The summed E-state index contributed by atoms with van der Waals surface area (Å²) in [5.41, 5.74) is 0.809. The van der Waals surface area contributed by atoms with Gasteiger partial charge in [-0.2, -0.15) is 0 Å². The lowest BCUT2D eigenvalue weighted by molar-refractivity contribution is 0.254. The minimum absolute atomic E-state index is 0.369. The van der Waals surface area contributed by atoms with Gasteiger partial charge in [0.05, 0.1) is 23.2 Å². The molecule has 0 aliphatic heterocycles. The molecule has 29 heavy (non-hydrogen) atoms. The van der Waals surface area contributed by atoms with Crippen molar-refractivity contribution in [2.45, 2.75) is 25.7 Å². The summed E-state index contributed by atoms with van der Waals surface area (Å²) in [5, 5.41) is 1.08.